The zero-order valence-electron chi connectivity index (χ0n) is 11.6. The number of halogens is 2. The molecule has 0 aliphatic carbocycles. The lowest BCUT2D eigenvalue weighted by Gasteiger charge is -2.22. The molecule has 0 atom stereocenters. The Balaban J connectivity index is 1.66. The normalized spacial score (nSPS) is 15.7. The number of piperidine rings is 1. The fourth-order valence-electron chi connectivity index (χ4n) is 2.11. The van der Waals surface area contributed by atoms with E-state index >= 15 is 0 Å². The summed E-state index contributed by atoms with van der Waals surface area (Å²) in [5.41, 5.74) is 0.487. The zero-order chi connectivity index (χ0) is 15.1. The van der Waals surface area contributed by atoms with Crippen molar-refractivity contribution in [2.75, 3.05) is 31.6 Å². The Morgan fingerprint density at radius 3 is 2.86 bits per heavy atom. The molecule has 1 aromatic carbocycles. The van der Waals surface area contributed by atoms with Crippen LogP contribution in [-0.4, -0.2) is 38.4 Å². The van der Waals surface area contributed by atoms with Crippen LogP contribution in [-0.2, 0) is 4.74 Å². The van der Waals surface area contributed by atoms with E-state index in [-0.39, 0.29) is 6.03 Å². The number of urea groups is 1. The molecule has 7 heteroatoms. The van der Waals surface area contributed by atoms with E-state index < -0.39 is 0 Å². The third-order valence-electron chi connectivity index (χ3n) is 3.20. The van der Waals surface area contributed by atoms with Gasteiger partial charge in [0.1, 0.15) is 0 Å². The van der Waals surface area contributed by atoms with Crippen molar-refractivity contribution in [1.29, 1.82) is 0 Å². The van der Waals surface area contributed by atoms with Gasteiger partial charge in [-0.15, -0.1) is 0 Å². The highest BCUT2D eigenvalue weighted by molar-refractivity contribution is 6.35. The van der Waals surface area contributed by atoms with Gasteiger partial charge in [-0.05, 0) is 44.1 Å². The molecular formula is C14H19Cl2N3O2. The van der Waals surface area contributed by atoms with Crippen molar-refractivity contribution < 1.29 is 9.53 Å². The van der Waals surface area contributed by atoms with Gasteiger partial charge in [-0.25, -0.2) is 4.79 Å². The first-order valence-corrected chi connectivity index (χ1v) is 7.73. The number of carbonyl (C=O) groups excluding carboxylic acids is 1. The number of carbonyl (C=O) groups is 1. The maximum atomic E-state index is 11.7. The molecule has 3 N–H and O–H groups in total. The van der Waals surface area contributed by atoms with Crippen molar-refractivity contribution in [1.82, 2.24) is 10.6 Å². The molecule has 1 saturated heterocycles. The first kappa shape index (κ1) is 16.4. The van der Waals surface area contributed by atoms with Crippen molar-refractivity contribution >= 4 is 34.9 Å². The number of ether oxygens (including phenoxy) is 1. The van der Waals surface area contributed by atoms with E-state index in [1.54, 1.807) is 18.2 Å². The number of hydrogen-bond acceptors (Lipinski definition) is 3. The van der Waals surface area contributed by atoms with Crippen LogP contribution in [0.1, 0.15) is 12.8 Å². The lowest BCUT2D eigenvalue weighted by Crippen LogP contribution is -2.36. The van der Waals surface area contributed by atoms with Crippen LogP contribution < -0.4 is 16.0 Å². The molecule has 0 unspecified atom stereocenters. The monoisotopic (exact) mass is 331 g/mol. The molecule has 21 heavy (non-hydrogen) atoms. The van der Waals surface area contributed by atoms with E-state index in [1.165, 1.54) is 0 Å². The minimum atomic E-state index is -0.326. The van der Waals surface area contributed by atoms with Gasteiger partial charge in [0.25, 0.3) is 0 Å². The topological polar surface area (TPSA) is 62.4 Å². The predicted molar refractivity (Wildman–Crippen MR) is 85.3 cm³/mol. The second-order valence-corrected chi connectivity index (χ2v) is 5.67. The molecular weight excluding hydrogens is 313 g/mol. The summed E-state index contributed by atoms with van der Waals surface area (Å²) in [6.07, 6.45) is 2.33. The first-order valence-electron chi connectivity index (χ1n) is 6.97. The van der Waals surface area contributed by atoms with Gasteiger partial charge in [0, 0.05) is 11.6 Å². The summed E-state index contributed by atoms with van der Waals surface area (Å²) in [6.45, 7) is 2.94. The molecule has 0 saturated carbocycles. The van der Waals surface area contributed by atoms with Gasteiger partial charge in [0.15, 0.2) is 0 Å². The summed E-state index contributed by atoms with van der Waals surface area (Å²) in [6, 6.07) is 4.59. The highest BCUT2D eigenvalue weighted by Crippen LogP contribution is 2.25. The molecule has 2 rings (SSSR count). The third kappa shape index (κ3) is 5.71. The quantitative estimate of drug-likeness (QED) is 0.727. The summed E-state index contributed by atoms with van der Waals surface area (Å²) in [7, 11) is 0. The molecule has 1 aliphatic heterocycles. The summed E-state index contributed by atoms with van der Waals surface area (Å²) < 4.78 is 5.70. The summed E-state index contributed by atoms with van der Waals surface area (Å²) in [4.78, 5) is 11.7. The van der Waals surface area contributed by atoms with Gasteiger partial charge in [0.05, 0.1) is 23.4 Å². The van der Waals surface area contributed by atoms with E-state index in [1.807, 2.05) is 0 Å². The average molecular weight is 332 g/mol. The summed E-state index contributed by atoms with van der Waals surface area (Å²) in [5.74, 6) is 0. The van der Waals surface area contributed by atoms with Crippen molar-refractivity contribution in [3.63, 3.8) is 0 Å². The molecule has 1 aliphatic rings. The van der Waals surface area contributed by atoms with Crippen molar-refractivity contribution in [3.8, 4) is 0 Å². The highest BCUT2D eigenvalue weighted by atomic mass is 35.5. The van der Waals surface area contributed by atoms with Crippen LogP contribution >= 0.6 is 23.2 Å². The summed E-state index contributed by atoms with van der Waals surface area (Å²) >= 11 is 11.8. The summed E-state index contributed by atoms with van der Waals surface area (Å²) in [5, 5.41) is 9.62. The average Bonchev–Trinajstić information content (AvgIpc) is 2.48. The molecule has 2 amide bonds. The molecule has 0 aromatic heterocycles. The Morgan fingerprint density at radius 2 is 2.10 bits per heavy atom. The Bertz CT molecular complexity index is 479. The zero-order valence-corrected chi connectivity index (χ0v) is 13.1. The number of rotatable bonds is 5. The second kappa shape index (κ2) is 8.44. The van der Waals surface area contributed by atoms with Gasteiger partial charge in [-0.2, -0.15) is 0 Å². The standard InChI is InChI=1S/C14H19Cl2N3O2/c15-10-1-2-12(16)13(9-10)19-14(20)18-7-8-21-11-3-5-17-6-4-11/h1-2,9,11,17H,3-8H2,(H2,18,19,20). The number of amides is 2. The van der Waals surface area contributed by atoms with Gasteiger partial charge in [-0.3, -0.25) is 0 Å². The maximum absolute atomic E-state index is 11.7. The maximum Gasteiger partial charge on any atom is 0.319 e. The molecule has 5 nitrogen and oxygen atoms in total. The molecule has 1 fully saturated rings. The van der Waals surface area contributed by atoms with Gasteiger partial charge < -0.3 is 20.7 Å². The van der Waals surface area contributed by atoms with Crippen LogP contribution in [0.2, 0.25) is 10.0 Å². The van der Waals surface area contributed by atoms with Crippen molar-refractivity contribution in [2.24, 2.45) is 0 Å². The lowest BCUT2D eigenvalue weighted by molar-refractivity contribution is 0.0358. The first-order chi connectivity index (χ1) is 10.1. The Morgan fingerprint density at radius 1 is 1.33 bits per heavy atom. The fourth-order valence-corrected chi connectivity index (χ4v) is 2.45. The second-order valence-electron chi connectivity index (χ2n) is 4.83. The minimum absolute atomic E-state index is 0.290. The van der Waals surface area contributed by atoms with E-state index in [9.17, 15) is 4.79 Å². The van der Waals surface area contributed by atoms with Crippen LogP contribution in [0.25, 0.3) is 0 Å². The van der Waals surface area contributed by atoms with Gasteiger partial charge in [-0.1, -0.05) is 23.2 Å². The Kier molecular flexibility index (Phi) is 6.57. The largest absolute Gasteiger partial charge is 0.376 e. The van der Waals surface area contributed by atoms with E-state index in [0.717, 1.165) is 25.9 Å². The molecule has 116 valence electrons. The van der Waals surface area contributed by atoms with Gasteiger partial charge in [0.2, 0.25) is 0 Å². The van der Waals surface area contributed by atoms with Crippen LogP contribution in [0.5, 0.6) is 0 Å². The van der Waals surface area contributed by atoms with Crippen molar-refractivity contribution in [3.05, 3.63) is 28.2 Å². The van der Waals surface area contributed by atoms with E-state index in [2.05, 4.69) is 16.0 Å². The highest BCUT2D eigenvalue weighted by Gasteiger charge is 2.13. The number of nitrogens with one attached hydrogen (secondary N) is 3. The number of anilines is 1. The molecule has 0 radical (unpaired) electrons. The predicted octanol–water partition coefficient (Wildman–Crippen LogP) is 2.88. The van der Waals surface area contributed by atoms with E-state index in [4.69, 9.17) is 27.9 Å². The lowest BCUT2D eigenvalue weighted by atomic mass is 10.1. The van der Waals surface area contributed by atoms with Crippen LogP contribution in [0.3, 0.4) is 0 Å². The third-order valence-corrected chi connectivity index (χ3v) is 3.77. The van der Waals surface area contributed by atoms with Crippen LogP contribution in [0.4, 0.5) is 10.5 Å². The Hall–Kier alpha value is -1.01. The molecule has 1 heterocycles. The fraction of sp³-hybridized carbons (Fsp3) is 0.500. The molecule has 1 aromatic rings. The van der Waals surface area contributed by atoms with E-state index in [0.29, 0.717) is 35.0 Å². The number of benzene rings is 1. The number of hydrogen-bond donors (Lipinski definition) is 3. The van der Waals surface area contributed by atoms with Gasteiger partial charge >= 0.3 is 6.03 Å². The molecule has 0 bridgehead atoms. The van der Waals surface area contributed by atoms with Crippen LogP contribution in [0, 0.1) is 0 Å². The SMILES string of the molecule is O=C(NCCOC1CCNCC1)Nc1cc(Cl)ccc1Cl. The molecule has 0 spiro atoms. The Labute approximate surface area is 134 Å². The minimum Gasteiger partial charge on any atom is -0.376 e. The van der Waals surface area contributed by atoms with Crippen LogP contribution in [0.15, 0.2) is 18.2 Å². The van der Waals surface area contributed by atoms with Crippen molar-refractivity contribution in [2.45, 2.75) is 18.9 Å². The smallest absolute Gasteiger partial charge is 0.319 e.